The van der Waals surface area contributed by atoms with Crippen LogP contribution in [0.15, 0.2) is 15.7 Å². The van der Waals surface area contributed by atoms with E-state index in [0.717, 1.165) is 29.8 Å². The number of hydrogen-bond acceptors (Lipinski definition) is 4. The van der Waals surface area contributed by atoms with Crippen molar-refractivity contribution in [3.63, 3.8) is 0 Å². The molecule has 2 unspecified atom stereocenters. The monoisotopic (exact) mass is 266 g/mol. The first-order chi connectivity index (χ1) is 8.90. The lowest BCUT2D eigenvalue weighted by atomic mass is 9.94. The molecule has 0 bridgehead atoms. The number of likely N-dealkylation sites (tertiary alicyclic amines) is 1. The number of nitrogens with two attached hydrogens (primary N) is 1. The van der Waals surface area contributed by atoms with Crippen molar-refractivity contribution in [3.05, 3.63) is 32.6 Å². The predicted octanol–water partition coefficient (Wildman–Crippen LogP) is -0.747. The average Bonchev–Trinajstić information content (AvgIpc) is 2.38. The summed E-state index contributed by atoms with van der Waals surface area (Å²) >= 11 is 0. The van der Waals surface area contributed by atoms with Crippen LogP contribution in [-0.2, 0) is 20.6 Å². The molecular weight excluding hydrogens is 244 g/mol. The highest BCUT2D eigenvalue weighted by Crippen LogP contribution is 2.16. The van der Waals surface area contributed by atoms with Crippen molar-refractivity contribution in [1.82, 2.24) is 14.0 Å². The molecule has 6 heteroatoms. The molecule has 1 aliphatic rings. The van der Waals surface area contributed by atoms with Crippen LogP contribution in [0, 0.1) is 5.92 Å². The Hall–Kier alpha value is -1.40. The summed E-state index contributed by atoms with van der Waals surface area (Å²) in [5.74, 6) is 0.531. The van der Waals surface area contributed by atoms with Crippen LogP contribution in [0.25, 0.3) is 0 Å². The molecule has 0 aromatic carbocycles. The van der Waals surface area contributed by atoms with Crippen LogP contribution in [0.1, 0.15) is 19.0 Å². The zero-order valence-corrected chi connectivity index (χ0v) is 11.8. The standard InChI is InChI=1S/C13H22N4O2/c1-9-4-5-17(8-11(9)14)7-10-6-12(18)16(3)13(19)15(10)2/h6,9,11H,4-5,7-8,14H2,1-3H3. The highest BCUT2D eigenvalue weighted by atomic mass is 16.2. The van der Waals surface area contributed by atoms with Crippen LogP contribution in [-0.4, -0.2) is 33.2 Å². The molecule has 0 saturated carbocycles. The maximum Gasteiger partial charge on any atom is 0.330 e. The SMILES string of the molecule is CC1CCN(Cc2cc(=O)n(C)c(=O)n2C)CC1N. The molecule has 1 aliphatic heterocycles. The minimum absolute atomic E-state index is 0.164. The van der Waals surface area contributed by atoms with Gasteiger partial charge in [0, 0.05) is 45.0 Å². The summed E-state index contributed by atoms with van der Waals surface area (Å²) in [6.45, 7) is 4.53. The first-order valence-corrected chi connectivity index (χ1v) is 6.64. The Morgan fingerprint density at radius 1 is 1.32 bits per heavy atom. The van der Waals surface area contributed by atoms with E-state index < -0.39 is 0 Å². The normalized spacial score (nSPS) is 24.6. The smallest absolute Gasteiger partial charge is 0.326 e. The minimum Gasteiger partial charge on any atom is -0.326 e. The van der Waals surface area contributed by atoms with Crippen LogP contribution in [0.3, 0.4) is 0 Å². The van der Waals surface area contributed by atoms with Gasteiger partial charge < -0.3 is 5.73 Å². The molecule has 2 rings (SSSR count). The van der Waals surface area contributed by atoms with Crippen molar-refractivity contribution < 1.29 is 0 Å². The van der Waals surface area contributed by atoms with E-state index in [1.54, 1.807) is 7.05 Å². The summed E-state index contributed by atoms with van der Waals surface area (Å²) in [6.07, 6.45) is 1.06. The van der Waals surface area contributed by atoms with Gasteiger partial charge in [0.05, 0.1) is 0 Å². The lowest BCUT2D eigenvalue weighted by Gasteiger charge is -2.35. The molecule has 0 amide bonds. The number of aromatic nitrogens is 2. The Balaban J connectivity index is 2.21. The Morgan fingerprint density at radius 2 is 2.00 bits per heavy atom. The summed E-state index contributed by atoms with van der Waals surface area (Å²) in [7, 11) is 3.19. The van der Waals surface area contributed by atoms with Gasteiger partial charge in [-0.2, -0.15) is 0 Å². The molecule has 0 radical (unpaired) electrons. The van der Waals surface area contributed by atoms with E-state index >= 15 is 0 Å². The zero-order valence-electron chi connectivity index (χ0n) is 11.8. The van der Waals surface area contributed by atoms with Crippen LogP contribution in [0.5, 0.6) is 0 Å². The maximum atomic E-state index is 11.9. The van der Waals surface area contributed by atoms with Gasteiger partial charge in [-0.1, -0.05) is 6.92 Å². The second-order valence-electron chi connectivity index (χ2n) is 5.54. The fourth-order valence-electron chi connectivity index (χ4n) is 2.47. The van der Waals surface area contributed by atoms with E-state index in [-0.39, 0.29) is 17.3 Å². The Labute approximate surface area is 112 Å². The van der Waals surface area contributed by atoms with Crippen molar-refractivity contribution in [1.29, 1.82) is 0 Å². The Morgan fingerprint density at radius 3 is 2.63 bits per heavy atom. The molecule has 0 aliphatic carbocycles. The Kier molecular flexibility index (Phi) is 3.91. The number of nitrogens with zero attached hydrogens (tertiary/aromatic N) is 3. The van der Waals surface area contributed by atoms with E-state index in [1.165, 1.54) is 17.7 Å². The first kappa shape index (κ1) is 14.0. The van der Waals surface area contributed by atoms with E-state index in [2.05, 4.69) is 11.8 Å². The second-order valence-corrected chi connectivity index (χ2v) is 5.54. The summed E-state index contributed by atoms with van der Waals surface area (Å²) in [5.41, 5.74) is 6.28. The lowest BCUT2D eigenvalue weighted by molar-refractivity contribution is 0.158. The third-order valence-electron chi connectivity index (χ3n) is 4.11. The molecule has 19 heavy (non-hydrogen) atoms. The molecule has 2 heterocycles. The van der Waals surface area contributed by atoms with Crippen LogP contribution >= 0.6 is 0 Å². The summed E-state index contributed by atoms with van der Waals surface area (Å²) in [6, 6.07) is 1.70. The summed E-state index contributed by atoms with van der Waals surface area (Å²) in [4.78, 5) is 25.7. The predicted molar refractivity (Wildman–Crippen MR) is 74.0 cm³/mol. The van der Waals surface area contributed by atoms with Gasteiger partial charge in [0.2, 0.25) is 0 Å². The molecular formula is C13H22N4O2. The molecule has 106 valence electrons. The largest absolute Gasteiger partial charge is 0.330 e. The van der Waals surface area contributed by atoms with Gasteiger partial charge in [-0.25, -0.2) is 4.79 Å². The molecule has 1 aromatic rings. The van der Waals surface area contributed by atoms with Crippen molar-refractivity contribution in [3.8, 4) is 0 Å². The van der Waals surface area contributed by atoms with E-state index in [9.17, 15) is 9.59 Å². The molecule has 0 spiro atoms. The quantitative estimate of drug-likeness (QED) is 0.764. The number of rotatable bonds is 2. The zero-order chi connectivity index (χ0) is 14.2. The van der Waals surface area contributed by atoms with Gasteiger partial charge in [0.15, 0.2) is 0 Å². The van der Waals surface area contributed by atoms with Gasteiger partial charge in [-0.05, 0) is 18.9 Å². The number of piperidine rings is 1. The van der Waals surface area contributed by atoms with Crippen molar-refractivity contribution in [2.75, 3.05) is 13.1 Å². The molecule has 2 atom stereocenters. The third-order valence-corrected chi connectivity index (χ3v) is 4.11. The fourth-order valence-corrected chi connectivity index (χ4v) is 2.47. The molecule has 1 fully saturated rings. The fraction of sp³-hybridized carbons (Fsp3) is 0.692. The van der Waals surface area contributed by atoms with Crippen molar-refractivity contribution >= 4 is 0 Å². The lowest BCUT2D eigenvalue weighted by Crippen LogP contribution is -2.48. The topological polar surface area (TPSA) is 73.3 Å². The van der Waals surface area contributed by atoms with Gasteiger partial charge in [0.1, 0.15) is 0 Å². The Bertz CT molecular complexity index is 575. The second kappa shape index (κ2) is 5.30. The highest BCUT2D eigenvalue weighted by molar-refractivity contribution is 5.02. The minimum atomic E-state index is -0.280. The maximum absolute atomic E-state index is 11.9. The van der Waals surface area contributed by atoms with E-state index in [0.29, 0.717) is 12.5 Å². The first-order valence-electron chi connectivity index (χ1n) is 6.64. The van der Waals surface area contributed by atoms with Gasteiger partial charge >= 0.3 is 5.69 Å². The molecule has 6 nitrogen and oxygen atoms in total. The third kappa shape index (κ3) is 2.79. The highest BCUT2D eigenvalue weighted by Gasteiger charge is 2.23. The molecule has 1 saturated heterocycles. The van der Waals surface area contributed by atoms with Crippen molar-refractivity contribution in [2.45, 2.75) is 25.9 Å². The number of hydrogen-bond donors (Lipinski definition) is 1. The van der Waals surface area contributed by atoms with E-state index in [1.807, 2.05) is 0 Å². The van der Waals surface area contributed by atoms with Crippen molar-refractivity contribution in [2.24, 2.45) is 25.7 Å². The van der Waals surface area contributed by atoms with Crippen LogP contribution in [0.2, 0.25) is 0 Å². The van der Waals surface area contributed by atoms with Crippen LogP contribution in [0.4, 0.5) is 0 Å². The molecule has 2 N–H and O–H groups in total. The average molecular weight is 266 g/mol. The van der Waals surface area contributed by atoms with Gasteiger partial charge in [0.25, 0.3) is 5.56 Å². The van der Waals surface area contributed by atoms with Crippen LogP contribution < -0.4 is 17.0 Å². The van der Waals surface area contributed by atoms with Gasteiger partial charge in [-0.3, -0.25) is 18.8 Å². The summed E-state index contributed by atoms with van der Waals surface area (Å²) in [5, 5.41) is 0. The van der Waals surface area contributed by atoms with Gasteiger partial charge in [-0.15, -0.1) is 0 Å². The molecule has 1 aromatic heterocycles. The van der Waals surface area contributed by atoms with E-state index in [4.69, 9.17) is 5.73 Å². The summed E-state index contributed by atoms with van der Waals surface area (Å²) < 4.78 is 2.65.